The molecule has 1 aliphatic rings. The topological polar surface area (TPSA) is 91.5 Å². The van der Waals surface area contributed by atoms with Gasteiger partial charge in [-0.3, -0.25) is 0 Å². The van der Waals surface area contributed by atoms with Crippen LogP contribution >= 0.6 is 0 Å². The summed E-state index contributed by atoms with van der Waals surface area (Å²) >= 11 is 0. The summed E-state index contributed by atoms with van der Waals surface area (Å²) in [5, 5.41) is 3.03. The molecule has 1 saturated carbocycles. The van der Waals surface area contributed by atoms with Crippen molar-refractivity contribution >= 4 is 11.8 Å². The summed E-state index contributed by atoms with van der Waals surface area (Å²) in [5.74, 6) is 2.22. The van der Waals surface area contributed by atoms with Gasteiger partial charge in [0.25, 0.3) is 0 Å². The lowest BCUT2D eigenvalue weighted by atomic mass is 10.1. The molecule has 1 aromatic carbocycles. The lowest BCUT2D eigenvalue weighted by molar-refractivity contribution is 0.0872. The molecule has 0 spiro atoms. The van der Waals surface area contributed by atoms with Gasteiger partial charge < -0.3 is 25.3 Å². The monoisotopic (exact) mass is 330 g/mol. The highest BCUT2D eigenvalue weighted by Gasteiger charge is 2.21. The van der Waals surface area contributed by atoms with E-state index in [4.69, 9.17) is 19.9 Å². The standard InChI is InChI=1S/C17H22N4O3/c1-19-16-13(10-20-17(18)21-16)11-3-6-14(22-2)15(9-11)24-8-7-23-12-4-5-12/h3,6,9-10,12H,4-5,7-8H2,1-2H3,(H3,18,19,20,21). The third kappa shape index (κ3) is 3.86. The third-order valence-electron chi connectivity index (χ3n) is 3.74. The minimum Gasteiger partial charge on any atom is -0.493 e. The number of nitrogens with zero attached hydrogens (tertiary/aromatic N) is 2. The number of hydrogen-bond donors (Lipinski definition) is 2. The molecular weight excluding hydrogens is 308 g/mol. The smallest absolute Gasteiger partial charge is 0.221 e. The van der Waals surface area contributed by atoms with Crippen LogP contribution in [0, 0.1) is 0 Å². The maximum absolute atomic E-state index is 5.83. The Balaban J connectivity index is 1.79. The number of methoxy groups -OCH3 is 1. The number of nitrogen functional groups attached to an aromatic ring is 1. The van der Waals surface area contributed by atoms with Crippen LogP contribution in [0.2, 0.25) is 0 Å². The van der Waals surface area contributed by atoms with Crippen LogP contribution < -0.4 is 20.5 Å². The molecule has 3 N–H and O–H groups in total. The van der Waals surface area contributed by atoms with Crippen molar-refractivity contribution in [3.63, 3.8) is 0 Å². The molecule has 1 aromatic heterocycles. The van der Waals surface area contributed by atoms with Crippen molar-refractivity contribution in [3.05, 3.63) is 24.4 Å². The van der Waals surface area contributed by atoms with Gasteiger partial charge in [-0.25, -0.2) is 4.98 Å². The Morgan fingerprint density at radius 3 is 2.79 bits per heavy atom. The van der Waals surface area contributed by atoms with Crippen LogP contribution in [0.4, 0.5) is 11.8 Å². The van der Waals surface area contributed by atoms with E-state index in [2.05, 4.69) is 15.3 Å². The summed E-state index contributed by atoms with van der Waals surface area (Å²) in [7, 11) is 3.41. The number of aromatic nitrogens is 2. The molecule has 7 heteroatoms. The van der Waals surface area contributed by atoms with Gasteiger partial charge in [0.2, 0.25) is 5.95 Å². The summed E-state index contributed by atoms with van der Waals surface area (Å²) in [6.07, 6.45) is 4.42. The Kier molecular flexibility index (Phi) is 5.00. The van der Waals surface area contributed by atoms with Gasteiger partial charge in [0.05, 0.1) is 19.8 Å². The Hall–Kier alpha value is -2.54. The van der Waals surface area contributed by atoms with Gasteiger partial charge in [0, 0.05) is 18.8 Å². The second-order valence-electron chi connectivity index (χ2n) is 5.52. The molecule has 0 saturated heterocycles. The lowest BCUT2D eigenvalue weighted by Crippen LogP contribution is -2.08. The van der Waals surface area contributed by atoms with Crippen molar-refractivity contribution in [2.45, 2.75) is 18.9 Å². The molecule has 0 unspecified atom stereocenters. The predicted octanol–water partition coefficient (Wildman–Crippen LogP) is 2.33. The van der Waals surface area contributed by atoms with Gasteiger partial charge in [-0.1, -0.05) is 6.07 Å². The van der Waals surface area contributed by atoms with E-state index < -0.39 is 0 Å². The molecule has 24 heavy (non-hydrogen) atoms. The Labute approximate surface area is 141 Å². The SMILES string of the molecule is CNc1nc(N)ncc1-c1ccc(OC)c(OCCOC2CC2)c1. The van der Waals surface area contributed by atoms with Gasteiger partial charge in [-0.05, 0) is 30.5 Å². The first kappa shape index (κ1) is 16.3. The van der Waals surface area contributed by atoms with E-state index in [1.807, 2.05) is 18.2 Å². The van der Waals surface area contributed by atoms with Crippen LogP contribution in [0.5, 0.6) is 11.5 Å². The first-order valence-electron chi connectivity index (χ1n) is 7.94. The maximum atomic E-state index is 5.83. The minimum absolute atomic E-state index is 0.227. The number of anilines is 2. The van der Waals surface area contributed by atoms with E-state index in [1.165, 1.54) is 0 Å². The molecule has 128 valence electrons. The molecule has 0 amide bonds. The van der Waals surface area contributed by atoms with Crippen molar-refractivity contribution in [2.24, 2.45) is 0 Å². The second kappa shape index (κ2) is 7.35. The number of nitrogens with two attached hydrogens (primary N) is 1. The fraction of sp³-hybridized carbons (Fsp3) is 0.412. The summed E-state index contributed by atoms with van der Waals surface area (Å²) in [4.78, 5) is 8.28. The Morgan fingerprint density at radius 2 is 2.08 bits per heavy atom. The number of benzene rings is 1. The van der Waals surface area contributed by atoms with Gasteiger partial charge in [0.15, 0.2) is 11.5 Å². The Morgan fingerprint density at radius 1 is 1.25 bits per heavy atom. The average molecular weight is 330 g/mol. The zero-order valence-corrected chi connectivity index (χ0v) is 13.9. The van der Waals surface area contributed by atoms with Crippen LogP contribution in [0.1, 0.15) is 12.8 Å². The highest BCUT2D eigenvalue weighted by Crippen LogP contribution is 2.34. The highest BCUT2D eigenvalue weighted by atomic mass is 16.5. The van der Waals surface area contributed by atoms with Crippen LogP contribution in [0.25, 0.3) is 11.1 Å². The molecule has 0 atom stereocenters. The van der Waals surface area contributed by atoms with Gasteiger partial charge in [0.1, 0.15) is 12.4 Å². The van der Waals surface area contributed by atoms with E-state index >= 15 is 0 Å². The van der Waals surface area contributed by atoms with Gasteiger partial charge in [-0.15, -0.1) is 0 Å². The van der Waals surface area contributed by atoms with Crippen molar-refractivity contribution < 1.29 is 14.2 Å². The number of hydrogen-bond acceptors (Lipinski definition) is 7. The lowest BCUT2D eigenvalue weighted by Gasteiger charge is -2.14. The molecule has 3 rings (SSSR count). The van der Waals surface area contributed by atoms with E-state index in [1.54, 1.807) is 20.4 Å². The Bertz CT molecular complexity index is 704. The normalized spacial score (nSPS) is 13.6. The number of ether oxygens (including phenoxy) is 3. The molecule has 7 nitrogen and oxygen atoms in total. The summed E-state index contributed by atoms with van der Waals surface area (Å²) in [6, 6.07) is 5.70. The van der Waals surface area contributed by atoms with Crippen LogP contribution in [-0.4, -0.2) is 43.4 Å². The number of nitrogens with one attached hydrogen (secondary N) is 1. The first-order chi connectivity index (χ1) is 11.7. The van der Waals surface area contributed by atoms with Crippen molar-refractivity contribution in [3.8, 4) is 22.6 Å². The van der Waals surface area contributed by atoms with Gasteiger partial charge in [-0.2, -0.15) is 4.98 Å². The minimum atomic E-state index is 0.227. The molecule has 1 fully saturated rings. The van der Waals surface area contributed by atoms with Gasteiger partial charge >= 0.3 is 0 Å². The zero-order chi connectivity index (χ0) is 16.9. The highest BCUT2D eigenvalue weighted by molar-refractivity contribution is 5.76. The predicted molar refractivity (Wildman–Crippen MR) is 92.4 cm³/mol. The van der Waals surface area contributed by atoms with Crippen LogP contribution in [-0.2, 0) is 4.74 Å². The van der Waals surface area contributed by atoms with Crippen molar-refractivity contribution in [2.75, 3.05) is 38.4 Å². The van der Waals surface area contributed by atoms with Crippen LogP contribution in [0.3, 0.4) is 0 Å². The molecule has 1 heterocycles. The largest absolute Gasteiger partial charge is 0.493 e. The zero-order valence-electron chi connectivity index (χ0n) is 13.9. The summed E-state index contributed by atoms with van der Waals surface area (Å²) < 4.78 is 16.8. The number of rotatable bonds is 8. The van der Waals surface area contributed by atoms with Crippen molar-refractivity contribution in [1.82, 2.24) is 9.97 Å². The van der Waals surface area contributed by atoms with Crippen LogP contribution in [0.15, 0.2) is 24.4 Å². The molecule has 0 bridgehead atoms. The first-order valence-corrected chi connectivity index (χ1v) is 7.94. The maximum Gasteiger partial charge on any atom is 0.221 e. The quantitative estimate of drug-likeness (QED) is 0.718. The fourth-order valence-electron chi connectivity index (χ4n) is 2.36. The molecule has 0 aliphatic heterocycles. The van der Waals surface area contributed by atoms with Crippen molar-refractivity contribution in [1.29, 1.82) is 0 Å². The molecule has 1 aliphatic carbocycles. The molecular formula is C17H22N4O3. The van der Waals surface area contributed by atoms with E-state index in [-0.39, 0.29) is 5.95 Å². The summed E-state index contributed by atoms with van der Waals surface area (Å²) in [5.41, 5.74) is 7.40. The van der Waals surface area contributed by atoms with E-state index in [0.29, 0.717) is 36.6 Å². The second-order valence-corrected chi connectivity index (χ2v) is 5.52. The molecule has 0 radical (unpaired) electrons. The average Bonchev–Trinajstić information content (AvgIpc) is 3.42. The molecule has 2 aromatic rings. The third-order valence-corrected chi connectivity index (χ3v) is 3.74. The van der Waals surface area contributed by atoms with E-state index in [9.17, 15) is 0 Å². The fourth-order valence-corrected chi connectivity index (χ4v) is 2.36. The summed E-state index contributed by atoms with van der Waals surface area (Å²) in [6.45, 7) is 1.05. The van der Waals surface area contributed by atoms with E-state index in [0.717, 1.165) is 24.0 Å².